The molecule has 0 saturated heterocycles. The fourth-order valence-electron chi connectivity index (χ4n) is 1.06. The number of aromatic amines is 1. The average Bonchev–Trinajstić information content (AvgIpc) is 2.71. The number of rotatable bonds is 3. The van der Waals surface area contributed by atoms with Gasteiger partial charge in [-0.2, -0.15) is 10.3 Å². The Balaban J connectivity index is 2.14. The number of hydrogen-bond acceptors (Lipinski definition) is 4. The molecule has 1 aromatic carbocycles. The lowest BCUT2D eigenvalue weighted by atomic mass is 10.4. The van der Waals surface area contributed by atoms with Gasteiger partial charge in [0.15, 0.2) is 0 Å². The molecule has 0 fully saturated rings. The highest BCUT2D eigenvalue weighted by Crippen LogP contribution is 2.25. The van der Waals surface area contributed by atoms with Crippen molar-refractivity contribution in [1.82, 2.24) is 15.4 Å². The van der Waals surface area contributed by atoms with Gasteiger partial charge in [0.2, 0.25) is 0 Å². The molecular formula is C9H9N3OS2. The van der Waals surface area contributed by atoms with E-state index in [1.165, 1.54) is 11.8 Å². The molecule has 0 aliphatic rings. The van der Waals surface area contributed by atoms with E-state index >= 15 is 0 Å². The highest BCUT2D eigenvalue weighted by atomic mass is 32.2. The summed E-state index contributed by atoms with van der Waals surface area (Å²) in [6, 6.07) is 7.57. The second kappa shape index (κ2) is 4.59. The van der Waals surface area contributed by atoms with Crippen molar-refractivity contribution in [3.63, 3.8) is 0 Å². The van der Waals surface area contributed by atoms with Crippen LogP contribution in [0.1, 0.15) is 0 Å². The summed E-state index contributed by atoms with van der Waals surface area (Å²) in [5, 5.41) is 11.0. The fourth-order valence-corrected chi connectivity index (χ4v) is 2.29. The second-order valence-electron chi connectivity index (χ2n) is 2.84. The van der Waals surface area contributed by atoms with E-state index in [2.05, 4.69) is 15.4 Å². The maximum Gasteiger partial charge on any atom is 0.143 e. The van der Waals surface area contributed by atoms with E-state index in [1.54, 1.807) is 12.5 Å². The van der Waals surface area contributed by atoms with Crippen LogP contribution in [-0.2, 0) is 10.8 Å². The van der Waals surface area contributed by atoms with E-state index in [0.29, 0.717) is 0 Å². The van der Waals surface area contributed by atoms with Crippen LogP contribution in [0.3, 0.4) is 0 Å². The van der Waals surface area contributed by atoms with Gasteiger partial charge in [0, 0.05) is 26.8 Å². The summed E-state index contributed by atoms with van der Waals surface area (Å²) in [5.74, 6) is 0. The van der Waals surface area contributed by atoms with Gasteiger partial charge in [-0.15, -0.1) is 5.10 Å². The van der Waals surface area contributed by atoms with Crippen molar-refractivity contribution < 1.29 is 4.21 Å². The minimum Gasteiger partial charge on any atom is -0.255 e. The Morgan fingerprint density at radius 3 is 2.60 bits per heavy atom. The van der Waals surface area contributed by atoms with E-state index in [9.17, 15) is 4.21 Å². The van der Waals surface area contributed by atoms with Crippen LogP contribution in [0.5, 0.6) is 0 Å². The molecule has 0 bridgehead atoms. The van der Waals surface area contributed by atoms with Gasteiger partial charge < -0.3 is 0 Å². The zero-order valence-electron chi connectivity index (χ0n) is 8.01. The third-order valence-electron chi connectivity index (χ3n) is 1.77. The molecule has 1 atom stereocenters. The molecule has 0 aliphatic carbocycles. The highest BCUT2D eigenvalue weighted by Gasteiger charge is 2.01. The van der Waals surface area contributed by atoms with E-state index in [4.69, 9.17) is 0 Å². The molecule has 2 aromatic rings. The Labute approximate surface area is 93.9 Å². The molecule has 4 nitrogen and oxygen atoms in total. The van der Waals surface area contributed by atoms with Crippen molar-refractivity contribution >= 4 is 22.6 Å². The standard InChI is InChI=1S/C9H9N3OS2/c1-15(13)8-4-2-7(3-5-8)14-9-6-10-12-11-9/h2-6H,1H3,(H,10,11,12). The van der Waals surface area contributed by atoms with Gasteiger partial charge in [-0.05, 0) is 24.3 Å². The van der Waals surface area contributed by atoms with E-state index < -0.39 is 10.8 Å². The molecular weight excluding hydrogens is 230 g/mol. The highest BCUT2D eigenvalue weighted by molar-refractivity contribution is 7.99. The van der Waals surface area contributed by atoms with E-state index in [-0.39, 0.29) is 0 Å². The molecule has 0 amide bonds. The number of nitrogens with one attached hydrogen (secondary N) is 1. The molecule has 15 heavy (non-hydrogen) atoms. The second-order valence-corrected chi connectivity index (χ2v) is 5.31. The Hall–Kier alpha value is -1.14. The van der Waals surface area contributed by atoms with Gasteiger partial charge in [0.05, 0.1) is 6.20 Å². The van der Waals surface area contributed by atoms with Crippen molar-refractivity contribution in [1.29, 1.82) is 0 Å². The molecule has 2 rings (SSSR count). The van der Waals surface area contributed by atoms with Crippen molar-refractivity contribution in [3.05, 3.63) is 30.5 Å². The molecule has 0 radical (unpaired) electrons. The predicted molar refractivity (Wildman–Crippen MR) is 59.3 cm³/mol. The number of hydrogen-bond donors (Lipinski definition) is 1. The molecule has 1 unspecified atom stereocenters. The number of H-pyrrole nitrogens is 1. The van der Waals surface area contributed by atoms with Crippen molar-refractivity contribution in [2.24, 2.45) is 0 Å². The average molecular weight is 239 g/mol. The van der Waals surface area contributed by atoms with Crippen LogP contribution in [0.4, 0.5) is 0 Å². The summed E-state index contributed by atoms with van der Waals surface area (Å²) >= 11 is 1.51. The monoisotopic (exact) mass is 239 g/mol. The van der Waals surface area contributed by atoms with Crippen LogP contribution in [0.15, 0.2) is 45.3 Å². The van der Waals surface area contributed by atoms with Gasteiger partial charge in [-0.3, -0.25) is 4.21 Å². The molecule has 6 heteroatoms. The Morgan fingerprint density at radius 1 is 1.33 bits per heavy atom. The van der Waals surface area contributed by atoms with Gasteiger partial charge in [0.1, 0.15) is 5.03 Å². The maximum absolute atomic E-state index is 11.2. The summed E-state index contributed by atoms with van der Waals surface area (Å²) < 4.78 is 11.2. The first-order valence-corrected chi connectivity index (χ1v) is 6.60. The zero-order chi connectivity index (χ0) is 10.7. The third-order valence-corrected chi connectivity index (χ3v) is 3.62. The Kier molecular flexibility index (Phi) is 3.17. The third kappa shape index (κ3) is 2.66. The minimum absolute atomic E-state index is 0.820. The summed E-state index contributed by atoms with van der Waals surface area (Å²) in [6.07, 6.45) is 3.33. The smallest absolute Gasteiger partial charge is 0.143 e. The first-order valence-electron chi connectivity index (χ1n) is 4.23. The normalized spacial score (nSPS) is 12.6. The first-order chi connectivity index (χ1) is 7.25. The lowest BCUT2D eigenvalue weighted by Crippen LogP contribution is -1.85. The molecule has 78 valence electrons. The van der Waals surface area contributed by atoms with E-state index in [1.807, 2.05) is 24.3 Å². The maximum atomic E-state index is 11.2. The Bertz CT molecular complexity index is 453. The van der Waals surface area contributed by atoms with Crippen molar-refractivity contribution in [3.8, 4) is 0 Å². The molecule has 0 saturated carbocycles. The Morgan fingerprint density at radius 2 is 2.07 bits per heavy atom. The number of aromatic nitrogens is 3. The lowest BCUT2D eigenvalue weighted by molar-refractivity contribution is 0.686. The van der Waals surface area contributed by atoms with Crippen molar-refractivity contribution in [2.45, 2.75) is 14.8 Å². The van der Waals surface area contributed by atoms with Crippen LogP contribution in [0.25, 0.3) is 0 Å². The van der Waals surface area contributed by atoms with Crippen molar-refractivity contribution in [2.75, 3.05) is 6.26 Å². The van der Waals surface area contributed by atoms with Crippen LogP contribution in [0.2, 0.25) is 0 Å². The molecule has 1 N–H and O–H groups in total. The van der Waals surface area contributed by atoms with Crippen LogP contribution < -0.4 is 0 Å². The van der Waals surface area contributed by atoms with Gasteiger partial charge >= 0.3 is 0 Å². The van der Waals surface area contributed by atoms with Crippen LogP contribution in [-0.4, -0.2) is 25.9 Å². The quantitative estimate of drug-likeness (QED) is 0.885. The SMILES string of the molecule is CS(=O)c1ccc(Sc2cn[nH]n2)cc1. The van der Waals surface area contributed by atoms with Gasteiger partial charge in [0.25, 0.3) is 0 Å². The number of nitrogens with zero attached hydrogens (tertiary/aromatic N) is 2. The van der Waals surface area contributed by atoms with Gasteiger partial charge in [-0.1, -0.05) is 11.8 Å². The molecule has 0 spiro atoms. The van der Waals surface area contributed by atoms with Crippen LogP contribution >= 0.6 is 11.8 Å². The fraction of sp³-hybridized carbons (Fsp3) is 0.111. The van der Waals surface area contributed by atoms with E-state index in [0.717, 1.165) is 14.8 Å². The molecule has 1 aromatic heterocycles. The summed E-state index contributed by atoms with van der Waals surface area (Å²) in [6.45, 7) is 0. The first kappa shape index (κ1) is 10.4. The molecule has 0 aliphatic heterocycles. The summed E-state index contributed by atoms with van der Waals surface area (Å²) in [4.78, 5) is 1.89. The topological polar surface area (TPSA) is 58.6 Å². The van der Waals surface area contributed by atoms with Gasteiger partial charge in [-0.25, -0.2) is 0 Å². The zero-order valence-corrected chi connectivity index (χ0v) is 9.64. The van der Waals surface area contributed by atoms with Crippen LogP contribution in [0, 0.1) is 0 Å². The largest absolute Gasteiger partial charge is 0.255 e. The summed E-state index contributed by atoms with van der Waals surface area (Å²) in [7, 11) is -0.919. The minimum atomic E-state index is -0.919. The predicted octanol–water partition coefficient (Wildman–Crippen LogP) is 1.69. The summed E-state index contributed by atoms with van der Waals surface area (Å²) in [5.41, 5.74) is 0. The number of benzene rings is 1. The molecule has 1 heterocycles. The lowest BCUT2D eigenvalue weighted by Gasteiger charge is -1.99.